The molecule has 0 spiro atoms. The number of halogens is 1. The maximum atomic E-state index is 12.2. The van der Waals surface area contributed by atoms with Gasteiger partial charge in [0.15, 0.2) is 0 Å². The van der Waals surface area contributed by atoms with Crippen molar-refractivity contribution in [3.8, 4) is 6.07 Å². The van der Waals surface area contributed by atoms with Crippen molar-refractivity contribution in [2.24, 2.45) is 0 Å². The molecule has 1 aromatic rings. The lowest BCUT2D eigenvalue weighted by atomic mass is 10.1. The van der Waals surface area contributed by atoms with Crippen LogP contribution in [0.15, 0.2) is 22.7 Å². The zero-order valence-corrected chi connectivity index (χ0v) is 10.9. The van der Waals surface area contributed by atoms with Crippen molar-refractivity contribution in [3.63, 3.8) is 0 Å². The molecule has 1 heterocycles. The summed E-state index contributed by atoms with van der Waals surface area (Å²) >= 11 is 3.25. The molecule has 2 rings (SSSR count). The molecule has 0 saturated carbocycles. The zero-order chi connectivity index (χ0) is 12.8. The SMILES string of the molecule is CC(C)(C#N)N1C(=O)c2cccc(Br)c2C1=O. The van der Waals surface area contributed by atoms with Gasteiger partial charge < -0.3 is 0 Å². The zero-order valence-electron chi connectivity index (χ0n) is 9.32. The highest BCUT2D eigenvalue weighted by Gasteiger charge is 2.45. The number of nitrogens with zero attached hydrogens (tertiary/aromatic N) is 2. The number of carbonyl (C=O) groups is 2. The van der Waals surface area contributed by atoms with Crippen LogP contribution in [0.2, 0.25) is 0 Å². The van der Waals surface area contributed by atoms with Crippen molar-refractivity contribution in [3.05, 3.63) is 33.8 Å². The average Bonchev–Trinajstić information content (AvgIpc) is 2.53. The van der Waals surface area contributed by atoms with E-state index < -0.39 is 17.4 Å². The summed E-state index contributed by atoms with van der Waals surface area (Å²) in [6, 6.07) is 6.95. The molecule has 0 unspecified atom stereocenters. The van der Waals surface area contributed by atoms with Gasteiger partial charge >= 0.3 is 0 Å². The Morgan fingerprint density at radius 3 is 2.47 bits per heavy atom. The standard InChI is InChI=1S/C12H9BrN2O2/c1-12(2,6-14)15-10(16)7-4-3-5-8(13)9(7)11(15)17/h3-5H,1-2H3. The summed E-state index contributed by atoms with van der Waals surface area (Å²) in [5.41, 5.74) is -0.472. The van der Waals surface area contributed by atoms with Crippen LogP contribution in [-0.2, 0) is 0 Å². The Balaban J connectivity index is 2.63. The lowest BCUT2D eigenvalue weighted by molar-refractivity contribution is 0.0549. The van der Waals surface area contributed by atoms with E-state index in [9.17, 15) is 9.59 Å². The summed E-state index contributed by atoms with van der Waals surface area (Å²) in [6.07, 6.45) is 0. The fourth-order valence-electron chi connectivity index (χ4n) is 1.80. The third-order valence-electron chi connectivity index (χ3n) is 2.70. The summed E-state index contributed by atoms with van der Waals surface area (Å²) in [4.78, 5) is 25.3. The second kappa shape index (κ2) is 3.67. The Bertz CT molecular complexity index is 572. The molecule has 4 nitrogen and oxygen atoms in total. The van der Waals surface area contributed by atoms with Crippen molar-refractivity contribution in [2.75, 3.05) is 0 Å². The first-order valence-corrected chi connectivity index (χ1v) is 5.78. The number of hydrogen-bond acceptors (Lipinski definition) is 3. The van der Waals surface area contributed by atoms with Crippen molar-refractivity contribution in [1.29, 1.82) is 5.26 Å². The van der Waals surface area contributed by atoms with Gasteiger partial charge in [-0.3, -0.25) is 14.5 Å². The normalized spacial score (nSPS) is 14.8. The first-order chi connectivity index (χ1) is 7.90. The smallest absolute Gasteiger partial charge is 0.264 e. The maximum absolute atomic E-state index is 12.2. The van der Waals surface area contributed by atoms with E-state index in [1.807, 2.05) is 6.07 Å². The van der Waals surface area contributed by atoms with E-state index in [0.717, 1.165) is 4.90 Å². The topological polar surface area (TPSA) is 61.2 Å². The average molecular weight is 293 g/mol. The number of carbonyl (C=O) groups excluding carboxylic acids is 2. The van der Waals surface area contributed by atoms with Crippen molar-refractivity contribution >= 4 is 27.7 Å². The van der Waals surface area contributed by atoms with E-state index in [1.54, 1.807) is 32.0 Å². The number of amides is 2. The van der Waals surface area contributed by atoms with Gasteiger partial charge in [-0.1, -0.05) is 6.07 Å². The van der Waals surface area contributed by atoms with Crippen LogP contribution in [0.4, 0.5) is 0 Å². The molecule has 1 aliphatic heterocycles. The summed E-state index contributed by atoms with van der Waals surface area (Å²) in [5, 5.41) is 9.03. The first-order valence-electron chi connectivity index (χ1n) is 4.99. The van der Waals surface area contributed by atoms with E-state index in [-0.39, 0.29) is 0 Å². The molecule has 0 bridgehead atoms. The van der Waals surface area contributed by atoms with E-state index in [0.29, 0.717) is 15.6 Å². The fourth-order valence-corrected chi connectivity index (χ4v) is 2.34. The Hall–Kier alpha value is -1.67. The number of nitriles is 1. The van der Waals surface area contributed by atoms with E-state index in [4.69, 9.17) is 5.26 Å². The minimum atomic E-state index is -1.15. The molecular formula is C12H9BrN2O2. The number of benzene rings is 1. The van der Waals surface area contributed by atoms with Gasteiger partial charge in [0.25, 0.3) is 11.8 Å². The van der Waals surface area contributed by atoms with Gasteiger partial charge in [0, 0.05) is 4.47 Å². The molecule has 0 aliphatic carbocycles. The van der Waals surface area contributed by atoms with E-state index in [2.05, 4.69) is 15.9 Å². The second-order valence-electron chi connectivity index (χ2n) is 4.28. The predicted octanol–water partition coefficient (Wildman–Crippen LogP) is 2.35. The van der Waals surface area contributed by atoms with Crippen LogP contribution < -0.4 is 0 Å². The lowest BCUT2D eigenvalue weighted by Gasteiger charge is -2.26. The van der Waals surface area contributed by atoms with E-state index in [1.165, 1.54) is 0 Å². The van der Waals surface area contributed by atoms with Crippen LogP contribution in [0.3, 0.4) is 0 Å². The number of fused-ring (bicyclic) bond motifs is 1. The van der Waals surface area contributed by atoms with Gasteiger partial charge in [-0.25, -0.2) is 0 Å². The van der Waals surface area contributed by atoms with Crippen molar-refractivity contribution in [1.82, 2.24) is 4.90 Å². The molecule has 2 amide bonds. The van der Waals surface area contributed by atoms with Gasteiger partial charge in [-0.2, -0.15) is 5.26 Å². The Labute approximate surface area is 107 Å². The molecule has 0 atom stereocenters. The lowest BCUT2D eigenvalue weighted by Crippen LogP contribution is -2.46. The monoisotopic (exact) mass is 292 g/mol. The molecule has 0 N–H and O–H groups in total. The molecule has 86 valence electrons. The quantitative estimate of drug-likeness (QED) is 0.747. The Kier molecular flexibility index (Phi) is 2.55. The van der Waals surface area contributed by atoms with Crippen LogP contribution in [0.5, 0.6) is 0 Å². The minimum absolute atomic E-state index is 0.334. The molecule has 0 aromatic heterocycles. The summed E-state index contributed by atoms with van der Waals surface area (Å²) in [6.45, 7) is 3.09. The largest absolute Gasteiger partial charge is 0.269 e. The molecule has 17 heavy (non-hydrogen) atoms. The molecule has 0 radical (unpaired) electrons. The van der Waals surface area contributed by atoms with Gasteiger partial charge in [0.05, 0.1) is 17.2 Å². The number of hydrogen-bond donors (Lipinski definition) is 0. The predicted molar refractivity (Wildman–Crippen MR) is 64.3 cm³/mol. The highest BCUT2D eigenvalue weighted by atomic mass is 79.9. The molecule has 1 aliphatic rings. The van der Waals surface area contributed by atoms with Gasteiger partial charge in [0.2, 0.25) is 0 Å². The molecular weight excluding hydrogens is 284 g/mol. The fraction of sp³-hybridized carbons (Fsp3) is 0.250. The number of rotatable bonds is 1. The number of imide groups is 1. The minimum Gasteiger partial charge on any atom is -0.269 e. The summed E-state index contributed by atoms with van der Waals surface area (Å²) < 4.78 is 0.574. The second-order valence-corrected chi connectivity index (χ2v) is 5.13. The molecule has 0 fully saturated rings. The highest BCUT2D eigenvalue weighted by Crippen LogP contribution is 2.33. The highest BCUT2D eigenvalue weighted by molar-refractivity contribution is 9.10. The molecule has 0 saturated heterocycles. The third kappa shape index (κ3) is 1.56. The molecule has 5 heteroatoms. The summed E-state index contributed by atoms with van der Waals surface area (Å²) in [7, 11) is 0. The Morgan fingerprint density at radius 2 is 1.94 bits per heavy atom. The Morgan fingerprint density at radius 1 is 1.29 bits per heavy atom. The van der Waals surface area contributed by atoms with E-state index >= 15 is 0 Å². The summed E-state index contributed by atoms with van der Waals surface area (Å²) in [5.74, 6) is -0.845. The van der Waals surface area contributed by atoms with Crippen LogP contribution in [-0.4, -0.2) is 22.3 Å². The first kappa shape index (κ1) is 11.8. The van der Waals surface area contributed by atoms with Crippen LogP contribution in [0.25, 0.3) is 0 Å². The van der Waals surface area contributed by atoms with Crippen LogP contribution in [0.1, 0.15) is 34.6 Å². The third-order valence-corrected chi connectivity index (χ3v) is 3.36. The van der Waals surface area contributed by atoms with Gasteiger partial charge in [-0.05, 0) is 41.9 Å². The van der Waals surface area contributed by atoms with Gasteiger partial charge in [0.1, 0.15) is 5.54 Å². The maximum Gasteiger partial charge on any atom is 0.264 e. The van der Waals surface area contributed by atoms with Crippen molar-refractivity contribution in [2.45, 2.75) is 19.4 Å². The van der Waals surface area contributed by atoms with Gasteiger partial charge in [-0.15, -0.1) is 0 Å². The molecule has 1 aromatic carbocycles. The van der Waals surface area contributed by atoms with Crippen LogP contribution in [0, 0.1) is 11.3 Å². The van der Waals surface area contributed by atoms with Crippen molar-refractivity contribution < 1.29 is 9.59 Å². The van der Waals surface area contributed by atoms with Crippen LogP contribution >= 0.6 is 15.9 Å².